The topological polar surface area (TPSA) is 92.3 Å². The Labute approximate surface area is 171 Å². The van der Waals surface area contributed by atoms with Gasteiger partial charge in [0.05, 0.1) is 9.79 Å². The molecule has 8 heteroatoms. The molecule has 6 nitrogen and oxygen atoms in total. The van der Waals surface area contributed by atoms with E-state index in [1.807, 2.05) is 37.3 Å². The monoisotopic (exact) mass is 430 g/mol. The van der Waals surface area contributed by atoms with E-state index in [1.54, 1.807) is 19.1 Å². The SMILES string of the molecule is Cc1ccc(S(=O)(=O)Nc2ccc(S(=O)(=O)NC(C)c3ccccc3)cc2)cc1. The molecule has 0 saturated carbocycles. The van der Waals surface area contributed by atoms with Gasteiger partial charge in [-0.2, -0.15) is 0 Å². The highest BCUT2D eigenvalue weighted by atomic mass is 32.2. The Kier molecular flexibility index (Phi) is 6.07. The quantitative estimate of drug-likeness (QED) is 0.596. The summed E-state index contributed by atoms with van der Waals surface area (Å²) in [5.41, 5.74) is 2.08. The number of hydrogen-bond donors (Lipinski definition) is 2. The fraction of sp³-hybridized carbons (Fsp3) is 0.143. The number of sulfonamides is 2. The average molecular weight is 431 g/mol. The summed E-state index contributed by atoms with van der Waals surface area (Å²) in [5.74, 6) is 0. The zero-order valence-corrected chi connectivity index (χ0v) is 17.7. The third-order valence-corrected chi connectivity index (χ3v) is 7.33. The highest BCUT2D eigenvalue weighted by Gasteiger charge is 2.19. The molecular formula is C21H22N2O4S2. The van der Waals surface area contributed by atoms with Crippen molar-refractivity contribution in [3.63, 3.8) is 0 Å². The molecule has 0 radical (unpaired) electrons. The lowest BCUT2D eigenvalue weighted by molar-refractivity contribution is 0.567. The molecule has 0 heterocycles. The van der Waals surface area contributed by atoms with Crippen LogP contribution in [0.15, 0.2) is 88.7 Å². The predicted octanol–water partition coefficient (Wildman–Crippen LogP) is 3.84. The first-order valence-electron chi connectivity index (χ1n) is 8.94. The van der Waals surface area contributed by atoms with Crippen molar-refractivity contribution >= 4 is 25.7 Å². The highest BCUT2D eigenvalue weighted by Crippen LogP contribution is 2.21. The summed E-state index contributed by atoms with van der Waals surface area (Å²) >= 11 is 0. The minimum atomic E-state index is -3.75. The summed E-state index contributed by atoms with van der Waals surface area (Å²) in [6, 6.07) is 20.9. The van der Waals surface area contributed by atoms with Crippen LogP contribution in [0.1, 0.15) is 24.1 Å². The number of anilines is 1. The zero-order valence-electron chi connectivity index (χ0n) is 16.0. The summed E-state index contributed by atoms with van der Waals surface area (Å²) in [5, 5.41) is 0. The van der Waals surface area contributed by atoms with E-state index in [0.29, 0.717) is 0 Å². The maximum absolute atomic E-state index is 12.6. The van der Waals surface area contributed by atoms with Gasteiger partial charge < -0.3 is 0 Å². The first-order valence-corrected chi connectivity index (χ1v) is 11.9. The van der Waals surface area contributed by atoms with Crippen molar-refractivity contribution in [2.24, 2.45) is 0 Å². The molecule has 0 aliphatic heterocycles. The van der Waals surface area contributed by atoms with Gasteiger partial charge in [-0.3, -0.25) is 4.72 Å². The van der Waals surface area contributed by atoms with Gasteiger partial charge >= 0.3 is 0 Å². The van der Waals surface area contributed by atoms with Crippen molar-refractivity contribution in [2.75, 3.05) is 4.72 Å². The summed E-state index contributed by atoms with van der Waals surface area (Å²) in [7, 11) is -7.50. The number of benzene rings is 3. The van der Waals surface area contributed by atoms with E-state index in [0.717, 1.165) is 11.1 Å². The van der Waals surface area contributed by atoms with Crippen LogP contribution in [0.3, 0.4) is 0 Å². The van der Waals surface area contributed by atoms with Gasteiger partial charge in [0.15, 0.2) is 0 Å². The summed E-state index contributed by atoms with van der Waals surface area (Å²) in [6.07, 6.45) is 0. The van der Waals surface area contributed by atoms with Crippen LogP contribution in [-0.2, 0) is 20.0 Å². The van der Waals surface area contributed by atoms with E-state index in [1.165, 1.54) is 36.4 Å². The van der Waals surface area contributed by atoms with Crippen molar-refractivity contribution < 1.29 is 16.8 Å². The van der Waals surface area contributed by atoms with Crippen molar-refractivity contribution in [3.8, 4) is 0 Å². The van der Waals surface area contributed by atoms with Crippen LogP contribution >= 0.6 is 0 Å². The molecule has 1 unspecified atom stereocenters. The van der Waals surface area contributed by atoms with Crippen molar-refractivity contribution in [3.05, 3.63) is 90.0 Å². The normalized spacial score (nSPS) is 13.0. The lowest BCUT2D eigenvalue weighted by atomic mass is 10.1. The molecule has 2 N–H and O–H groups in total. The second-order valence-electron chi connectivity index (χ2n) is 6.70. The van der Waals surface area contributed by atoms with E-state index in [2.05, 4.69) is 9.44 Å². The lowest BCUT2D eigenvalue weighted by Crippen LogP contribution is -2.26. The molecule has 3 rings (SSSR count). The Morgan fingerprint density at radius 2 is 1.21 bits per heavy atom. The van der Waals surface area contributed by atoms with Crippen molar-refractivity contribution in [1.29, 1.82) is 0 Å². The van der Waals surface area contributed by atoms with Gasteiger partial charge in [-0.25, -0.2) is 21.6 Å². The van der Waals surface area contributed by atoms with E-state index in [9.17, 15) is 16.8 Å². The molecule has 152 valence electrons. The van der Waals surface area contributed by atoms with Crippen molar-refractivity contribution in [1.82, 2.24) is 4.72 Å². The number of nitrogens with one attached hydrogen (secondary N) is 2. The standard InChI is InChI=1S/C21H22N2O4S2/c1-16-8-12-20(13-9-16)29(26,27)23-19-10-14-21(15-11-19)28(24,25)22-17(2)18-6-4-3-5-7-18/h3-15,17,22-23H,1-2H3. The van der Waals surface area contributed by atoms with Crippen LogP contribution in [0, 0.1) is 6.92 Å². The van der Waals surface area contributed by atoms with E-state index < -0.39 is 26.1 Å². The van der Waals surface area contributed by atoms with Gasteiger partial charge in [0.2, 0.25) is 10.0 Å². The number of hydrogen-bond acceptors (Lipinski definition) is 4. The molecule has 0 aliphatic rings. The zero-order chi connectivity index (χ0) is 21.1. The molecule has 3 aromatic carbocycles. The molecular weight excluding hydrogens is 408 g/mol. The van der Waals surface area contributed by atoms with E-state index in [4.69, 9.17) is 0 Å². The molecule has 0 amide bonds. The largest absolute Gasteiger partial charge is 0.280 e. The maximum Gasteiger partial charge on any atom is 0.261 e. The smallest absolute Gasteiger partial charge is 0.261 e. The van der Waals surface area contributed by atoms with Crippen LogP contribution in [0.5, 0.6) is 0 Å². The van der Waals surface area contributed by atoms with Gasteiger partial charge in [-0.05, 0) is 55.8 Å². The highest BCUT2D eigenvalue weighted by molar-refractivity contribution is 7.92. The lowest BCUT2D eigenvalue weighted by Gasteiger charge is -2.15. The molecule has 3 aromatic rings. The fourth-order valence-corrected chi connectivity index (χ4v) is 5.03. The first-order chi connectivity index (χ1) is 13.7. The minimum Gasteiger partial charge on any atom is -0.280 e. The van der Waals surface area contributed by atoms with Gasteiger partial charge in [-0.1, -0.05) is 48.0 Å². The Morgan fingerprint density at radius 1 is 0.690 bits per heavy atom. The van der Waals surface area contributed by atoms with Crippen LogP contribution in [0.4, 0.5) is 5.69 Å². The Bertz CT molecular complexity index is 1170. The van der Waals surface area contributed by atoms with Gasteiger partial charge in [0.1, 0.15) is 0 Å². The molecule has 0 bridgehead atoms. The van der Waals surface area contributed by atoms with Crippen LogP contribution < -0.4 is 9.44 Å². The second kappa shape index (κ2) is 8.36. The number of aryl methyl sites for hydroxylation is 1. The Balaban J connectivity index is 1.74. The fourth-order valence-electron chi connectivity index (χ4n) is 2.74. The van der Waals surface area contributed by atoms with Crippen LogP contribution in [0.2, 0.25) is 0 Å². The second-order valence-corrected chi connectivity index (χ2v) is 10.1. The van der Waals surface area contributed by atoms with E-state index >= 15 is 0 Å². The minimum absolute atomic E-state index is 0.0542. The van der Waals surface area contributed by atoms with Crippen LogP contribution in [-0.4, -0.2) is 16.8 Å². The number of rotatable bonds is 7. The first kappa shape index (κ1) is 21.0. The summed E-state index contributed by atoms with van der Waals surface area (Å²) in [4.78, 5) is 0.191. The van der Waals surface area contributed by atoms with E-state index in [-0.39, 0.29) is 15.5 Å². The van der Waals surface area contributed by atoms with Crippen molar-refractivity contribution in [2.45, 2.75) is 29.7 Å². The Hall–Kier alpha value is -2.68. The molecule has 1 atom stereocenters. The molecule has 0 saturated heterocycles. The molecule has 0 aliphatic carbocycles. The third-order valence-electron chi connectivity index (χ3n) is 4.38. The van der Waals surface area contributed by atoms with Gasteiger partial charge in [0.25, 0.3) is 10.0 Å². The van der Waals surface area contributed by atoms with Gasteiger partial charge in [0, 0.05) is 11.7 Å². The third kappa shape index (κ3) is 5.23. The Morgan fingerprint density at radius 3 is 1.79 bits per heavy atom. The predicted molar refractivity (Wildman–Crippen MR) is 114 cm³/mol. The molecule has 29 heavy (non-hydrogen) atoms. The van der Waals surface area contributed by atoms with Crippen LogP contribution in [0.25, 0.3) is 0 Å². The van der Waals surface area contributed by atoms with Gasteiger partial charge in [-0.15, -0.1) is 0 Å². The molecule has 0 aromatic heterocycles. The maximum atomic E-state index is 12.6. The molecule has 0 fully saturated rings. The summed E-state index contributed by atoms with van der Waals surface area (Å²) < 4.78 is 55.2. The molecule has 0 spiro atoms. The summed E-state index contributed by atoms with van der Waals surface area (Å²) in [6.45, 7) is 3.63. The average Bonchev–Trinajstić information content (AvgIpc) is 2.69.